The number of para-hydroxylation sites is 1. The molecule has 0 fully saturated rings. The van der Waals surface area contributed by atoms with E-state index in [4.69, 9.17) is 0 Å². The molecule has 0 saturated heterocycles. The second-order valence-electron chi connectivity index (χ2n) is 4.61. The molecule has 2 rings (SSSR count). The van der Waals surface area contributed by atoms with Crippen LogP contribution in [0.4, 0.5) is 5.69 Å². The van der Waals surface area contributed by atoms with Crippen LogP contribution in [-0.4, -0.2) is 15.0 Å². The van der Waals surface area contributed by atoms with Gasteiger partial charge in [0.1, 0.15) is 0 Å². The first kappa shape index (κ1) is 16.0. The minimum absolute atomic E-state index is 0.374. The molecule has 0 atom stereocenters. The lowest BCUT2D eigenvalue weighted by molar-refractivity contribution is 0.590. The number of hydrogen-bond acceptors (Lipinski definition) is 2. The van der Waals surface area contributed by atoms with E-state index in [-0.39, 0.29) is 0 Å². The summed E-state index contributed by atoms with van der Waals surface area (Å²) in [5, 5.41) is 0. The predicted octanol–water partition coefficient (Wildman–Crippen LogP) is 4.23. The fourth-order valence-electron chi connectivity index (χ4n) is 2.28. The van der Waals surface area contributed by atoms with Gasteiger partial charge in [-0.15, -0.1) is 0 Å². The first-order valence-corrected chi connectivity index (χ1v) is 9.10. The Hall–Kier alpha value is -1.33. The Morgan fingerprint density at radius 2 is 1.71 bits per heavy atom. The molecular formula is C16H18BrNO2S. The van der Waals surface area contributed by atoms with Crippen molar-refractivity contribution in [3.05, 3.63) is 58.6 Å². The second-order valence-corrected chi connectivity index (χ2v) is 7.36. The molecule has 0 bridgehead atoms. The Bertz CT molecular complexity index is 714. The van der Waals surface area contributed by atoms with Crippen molar-refractivity contribution in [3.63, 3.8) is 0 Å². The fraction of sp³-hybridized carbons (Fsp3) is 0.250. The van der Waals surface area contributed by atoms with E-state index >= 15 is 0 Å². The summed E-state index contributed by atoms with van der Waals surface area (Å²) in [4.78, 5) is 0.374. The summed E-state index contributed by atoms with van der Waals surface area (Å²) < 4.78 is 28.3. The Morgan fingerprint density at radius 1 is 1.05 bits per heavy atom. The number of anilines is 1. The Morgan fingerprint density at radius 3 is 2.29 bits per heavy atom. The van der Waals surface area contributed by atoms with E-state index in [1.54, 1.807) is 12.1 Å². The van der Waals surface area contributed by atoms with Crippen LogP contribution in [0.2, 0.25) is 0 Å². The van der Waals surface area contributed by atoms with Crippen molar-refractivity contribution in [2.24, 2.45) is 0 Å². The number of hydrogen-bond donors (Lipinski definition) is 0. The van der Waals surface area contributed by atoms with Crippen LogP contribution in [0.25, 0.3) is 0 Å². The highest BCUT2D eigenvalue weighted by Crippen LogP contribution is 2.27. The number of benzene rings is 2. The minimum Gasteiger partial charge on any atom is -0.267 e. The van der Waals surface area contributed by atoms with E-state index in [1.807, 2.05) is 50.2 Å². The van der Waals surface area contributed by atoms with Crippen LogP contribution in [0.1, 0.15) is 19.4 Å². The van der Waals surface area contributed by atoms with Gasteiger partial charge in [-0.05, 0) is 49.2 Å². The first-order chi connectivity index (χ1) is 10.0. The highest BCUT2D eigenvalue weighted by Gasteiger charge is 2.25. The fourth-order valence-corrected chi connectivity index (χ4v) is 4.44. The van der Waals surface area contributed by atoms with Crippen LogP contribution in [0, 0.1) is 0 Å². The Balaban J connectivity index is 2.55. The monoisotopic (exact) mass is 367 g/mol. The quantitative estimate of drug-likeness (QED) is 0.792. The molecule has 0 aliphatic carbocycles. The van der Waals surface area contributed by atoms with Crippen LogP contribution in [-0.2, 0) is 16.4 Å². The van der Waals surface area contributed by atoms with E-state index < -0.39 is 10.0 Å². The summed E-state index contributed by atoms with van der Waals surface area (Å²) in [6, 6.07) is 14.5. The summed E-state index contributed by atoms with van der Waals surface area (Å²) >= 11 is 3.39. The number of rotatable bonds is 5. The average molecular weight is 368 g/mol. The summed E-state index contributed by atoms with van der Waals surface area (Å²) in [7, 11) is -3.55. The van der Waals surface area contributed by atoms with E-state index in [9.17, 15) is 8.42 Å². The number of sulfonamides is 1. The van der Waals surface area contributed by atoms with Gasteiger partial charge in [0.15, 0.2) is 0 Å². The molecule has 2 aromatic rings. The summed E-state index contributed by atoms with van der Waals surface area (Å²) in [5.74, 6) is 0. The third-order valence-electron chi connectivity index (χ3n) is 3.30. The van der Waals surface area contributed by atoms with E-state index in [1.165, 1.54) is 4.31 Å². The summed E-state index contributed by atoms with van der Waals surface area (Å²) in [6.07, 6.45) is 0.667. The largest absolute Gasteiger partial charge is 0.267 e. The molecule has 0 saturated carbocycles. The first-order valence-electron chi connectivity index (χ1n) is 6.87. The van der Waals surface area contributed by atoms with Gasteiger partial charge in [-0.25, -0.2) is 8.42 Å². The van der Waals surface area contributed by atoms with Gasteiger partial charge >= 0.3 is 0 Å². The molecule has 0 spiro atoms. The normalized spacial score (nSPS) is 11.4. The van der Waals surface area contributed by atoms with E-state index in [0.29, 0.717) is 23.5 Å². The highest BCUT2D eigenvalue weighted by atomic mass is 79.9. The summed E-state index contributed by atoms with van der Waals surface area (Å²) in [5.41, 5.74) is 1.50. The SMILES string of the molecule is CCc1cc(Br)ccc1S(=O)(=O)N(CC)c1ccccc1. The lowest BCUT2D eigenvalue weighted by Crippen LogP contribution is -2.31. The van der Waals surface area contributed by atoms with Gasteiger partial charge in [-0.1, -0.05) is 41.1 Å². The third-order valence-corrected chi connectivity index (χ3v) is 5.80. The van der Waals surface area contributed by atoms with Gasteiger partial charge < -0.3 is 0 Å². The van der Waals surface area contributed by atoms with Crippen LogP contribution < -0.4 is 4.31 Å². The van der Waals surface area contributed by atoms with Crippen molar-refractivity contribution in [1.29, 1.82) is 0 Å². The molecule has 0 aromatic heterocycles. The number of aryl methyl sites for hydroxylation is 1. The molecule has 0 aliphatic rings. The van der Waals surface area contributed by atoms with Crippen molar-refractivity contribution in [1.82, 2.24) is 0 Å². The molecule has 21 heavy (non-hydrogen) atoms. The maximum absolute atomic E-state index is 13.0. The van der Waals surface area contributed by atoms with Crippen LogP contribution >= 0.6 is 15.9 Å². The average Bonchev–Trinajstić information content (AvgIpc) is 2.48. The zero-order chi connectivity index (χ0) is 15.5. The number of halogens is 1. The van der Waals surface area contributed by atoms with Crippen LogP contribution in [0.15, 0.2) is 57.9 Å². The molecule has 0 N–H and O–H groups in total. The van der Waals surface area contributed by atoms with Gasteiger partial charge in [-0.3, -0.25) is 4.31 Å². The zero-order valence-electron chi connectivity index (χ0n) is 12.1. The van der Waals surface area contributed by atoms with Crippen molar-refractivity contribution >= 4 is 31.6 Å². The van der Waals surface area contributed by atoms with Crippen molar-refractivity contribution in [2.75, 3.05) is 10.8 Å². The highest BCUT2D eigenvalue weighted by molar-refractivity contribution is 9.10. The third kappa shape index (κ3) is 3.30. The molecule has 2 aromatic carbocycles. The lowest BCUT2D eigenvalue weighted by atomic mass is 10.2. The second kappa shape index (κ2) is 6.62. The maximum atomic E-state index is 13.0. The zero-order valence-corrected chi connectivity index (χ0v) is 14.5. The van der Waals surface area contributed by atoms with Crippen molar-refractivity contribution < 1.29 is 8.42 Å². The smallest absolute Gasteiger partial charge is 0.264 e. The van der Waals surface area contributed by atoms with Crippen LogP contribution in [0.3, 0.4) is 0 Å². The molecule has 0 radical (unpaired) electrons. The predicted molar refractivity (Wildman–Crippen MR) is 90.2 cm³/mol. The maximum Gasteiger partial charge on any atom is 0.264 e. The van der Waals surface area contributed by atoms with Gasteiger partial charge in [-0.2, -0.15) is 0 Å². The molecule has 0 heterocycles. The molecule has 5 heteroatoms. The Kier molecular flexibility index (Phi) is 5.06. The number of nitrogens with zero attached hydrogens (tertiary/aromatic N) is 1. The van der Waals surface area contributed by atoms with E-state index in [0.717, 1.165) is 10.0 Å². The Labute approximate surface area is 134 Å². The standard InChI is InChI=1S/C16H18BrNO2S/c1-3-13-12-14(17)10-11-16(13)21(19,20)18(4-2)15-8-6-5-7-9-15/h5-12H,3-4H2,1-2H3. The molecule has 112 valence electrons. The van der Waals surface area contributed by atoms with Gasteiger partial charge in [0.2, 0.25) is 0 Å². The van der Waals surface area contributed by atoms with E-state index in [2.05, 4.69) is 15.9 Å². The molecular weight excluding hydrogens is 350 g/mol. The van der Waals surface area contributed by atoms with Crippen molar-refractivity contribution in [2.45, 2.75) is 25.2 Å². The molecule has 0 aliphatic heterocycles. The molecule has 0 unspecified atom stereocenters. The van der Waals surface area contributed by atoms with Crippen LogP contribution in [0.5, 0.6) is 0 Å². The molecule has 3 nitrogen and oxygen atoms in total. The summed E-state index contributed by atoms with van der Waals surface area (Å²) in [6.45, 7) is 4.19. The topological polar surface area (TPSA) is 37.4 Å². The molecule has 0 amide bonds. The van der Waals surface area contributed by atoms with Crippen molar-refractivity contribution in [3.8, 4) is 0 Å². The van der Waals surface area contributed by atoms with Gasteiger partial charge in [0.05, 0.1) is 10.6 Å². The lowest BCUT2D eigenvalue weighted by Gasteiger charge is -2.24. The van der Waals surface area contributed by atoms with Gasteiger partial charge in [0, 0.05) is 11.0 Å². The van der Waals surface area contributed by atoms with Gasteiger partial charge in [0.25, 0.3) is 10.0 Å². The minimum atomic E-state index is -3.55.